The number of rotatable bonds is 2. The van der Waals surface area contributed by atoms with Crippen molar-refractivity contribution in [1.82, 2.24) is 5.16 Å². The van der Waals surface area contributed by atoms with E-state index in [2.05, 4.69) is 27.7 Å². The molecule has 1 heterocycles. The summed E-state index contributed by atoms with van der Waals surface area (Å²) in [6.45, 7) is 0. The molecule has 0 atom stereocenters. The van der Waals surface area contributed by atoms with Crippen molar-refractivity contribution < 1.29 is 8.91 Å². The number of anilines is 1. The van der Waals surface area contributed by atoms with Crippen molar-refractivity contribution in [3.63, 3.8) is 0 Å². The van der Waals surface area contributed by atoms with E-state index >= 15 is 0 Å². The number of halogens is 3. The quantitative estimate of drug-likeness (QED) is 0.601. The lowest BCUT2D eigenvalue weighted by atomic mass is 10.0. The highest BCUT2D eigenvalue weighted by Gasteiger charge is 2.21. The number of hydrogen-bond donors (Lipinski definition) is 1. The van der Waals surface area contributed by atoms with Gasteiger partial charge >= 0.3 is 0 Å². The van der Waals surface area contributed by atoms with Crippen LogP contribution < -0.4 is 5.73 Å². The van der Waals surface area contributed by atoms with Gasteiger partial charge in [-0.15, -0.1) is 0 Å². The molecule has 0 amide bonds. The molecule has 0 saturated carbocycles. The number of hydrogen-bond acceptors (Lipinski definition) is 3. The van der Waals surface area contributed by atoms with Gasteiger partial charge in [0.1, 0.15) is 5.82 Å². The zero-order valence-corrected chi connectivity index (χ0v) is 13.5. The Bertz CT molecular complexity index is 819. The third kappa shape index (κ3) is 2.63. The summed E-state index contributed by atoms with van der Waals surface area (Å²) < 4.78 is 20.6. The first-order valence-electron chi connectivity index (χ1n) is 6.03. The van der Waals surface area contributed by atoms with Crippen LogP contribution in [0.5, 0.6) is 0 Å². The Morgan fingerprint density at radius 3 is 2.71 bits per heavy atom. The van der Waals surface area contributed by atoms with E-state index in [-0.39, 0.29) is 16.4 Å². The number of aromatic nitrogens is 1. The molecule has 6 heteroatoms. The molecule has 3 aromatic rings. The van der Waals surface area contributed by atoms with Crippen LogP contribution in [-0.2, 0) is 0 Å². The minimum Gasteiger partial charge on any atom is -0.380 e. The first-order chi connectivity index (χ1) is 10.1. The molecule has 3 nitrogen and oxygen atoms in total. The molecule has 0 radical (unpaired) electrons. The molecule has 106 valence electrons. The first kappa shape index (κ1) is 14.3. The van der Waals surface area contributed by atoms with Gasteiger partial charge in [-0.3, -0.25) is 0 Å². The summed E-state index contributed by atoms with van der Waals surface area (Å²) in [7, 11) is 0. The minimum absolute atomic E-state index is 0.0293. The van der Waals surface area contributed by atoms with E-state index in [1.165, 1.54) is 6.07 Å². The van der Waals surface area contributed by atoms with Crippen molar-refractivity contribution in [3.05, 3.63) is 56.9 Å². The van der Waals surface area contributed by atoms with E-state index in [0.717, 1.165) is 9.13 Å². The van der Waals surface area contributed by atoms with Gasteiger partial charge in [-0.1, -0.05) is 41.0 Å². The topological polar surface area (TPSA) is 52.0 Å². The minimum atomic E-state index is -0.541. The van der Waals surface area contributed by atoms with E-state index in [1.807, 2.05) is 24.3 Å². The van der Waals surface area contributed by atoms with Crippen LogP contribution in [0.15, 0.2) is 47.0 Å². The predicted molar refractivity (Wildman–Crippen MR) is 89.5 cm³/mol. The van der Waals surface area contributed by atoms with Crippen molar-refractivity contribution in [2.45, 2.75) is 0 Å². The van der Waals surface area contributed by atoms with Crippen LogP contribution in [0.3, 0.4) is 0 Å². The van der Waals surface area contributed by atoms with E-state index in [1.54, 1.807) is 12.1 Å². The SMILES string of the molecule is Nc1noc(-c2cccc(I)c2)c1-c1cccc(Cl)c1F. The summed E-state index contributed by atoms with van der Waals surface area (Å²) in [6, 6.07) is 12.3. The van der Waals surface area contributed by atoms with Gasteiger partial charge < -0.3 is 10.3 Å². The molecule has 0 fully saturated rings. The number of nitrogen functional groups attached to an aromatic ring is 1. The van der Waals surface area contributed by atoms with Crippen molar-refractivity contribution in [2.75, 3.05) is 5.73 Å². The molecule has 0 bridgehead atoms. The molecule has 0 unspecified atom stereocenters. The highest BCUT2D eigenvalue weighted by Crippen LogP contribution is 2.39. The average Bonchev–Trinajstić information content (AvgIpc) is 2.84. The lowest BCUT2D eigenvalue weighted by molar-refractivity contribution is 0.436. The van der Waals surface area contributed by atoms with Crippen LogP contribution in [0.2, 0.25) is 5.02 Å². The van der Waals surface area contributed by atoms with Crippen molar-refractivity contribution in [3.8, 4) is 22.5 Å². The summed E-state index contributed by atoms with van der Waals surface area (Å²) in [5, 5.41) is 3.79. The van der Waals surface area contributed by atoms with Crippen LogP contribution in [0.4, 0.5) is 10.2 Å². The van der Waals surface area contributed by atoms with Gasteiger partial charge in [-0.25, -0.2) is 4.39 Å². The Balaban J connectivity index is 2.25. The normalized spacial score (nSPS) is 10.8. The van der Waals surface area contributed by atoms with Crippen LogP contribution in [0.25, 0.3) is 22.5 Å². The molecule has 0 spiro atoms. The average molecular weight is 415 g/mol. The molecule has 21 heavy (non-hydrogen) atoms. The van der Waals surface area contributed by atoms with E-state index < -0.39 is 5.82 Å². The smallest absolute Gasteiger partial charge is 0.177 e. The molecule has 2 aromatic carbocycles. The van der Waals surface area contributed by atoms with Crippen LogP contribution in [0.1, 0.15) is 0 Å². The standard InChI is InChI=1S/C15H9ClFIN2O/c16-11-6-2-5-10(13(11)17)12-14(21-20-15(12)19)8-3-1-4-9(18)7-8/h1-7H,(H2,19,20). The highest BCUT2D eigenvalue weighted by atomic mass is 127. The molecule has 0 saturated heterocycles. The third-order valence-electron chi connectivity index (χ3n) is 3.03. The van der Waals surface area contributed by atoms with E-state index in [0.29, 0.717) is 11.3 Å². The lowest BCUT2D eigenvalue weighted by Crippen LogP contribution is -1.92. The highest BCUT2D eigenvalue weighted by molar-refractivity contribution is 14.1. The van der Waals surface area contributed by atoms with Crippen molar-refractivity contribution in [2.24, 2.45) is 0 Å². The largest absolute Gasteiger partial charge is 0.380 e. The Kier molecular flexibility index (Phi) is 3.86. The second-order valence-corrected chi connectivity index (χ2v) is 6.04. The molecular weight excluding hydrogens is 406 g/mol. The van der Waals surface area contributed by atoms with Gasteiger partial charge in [0.25, 0.3) is 0 Å². The molecular formula is C15H9ClFIN2O. The van der Waals surface area contributed by atoms with Gasteiger partial charge in [0.05, 0.1) is 10.6 Å². The lowest BCUT2D eigenvalue weighted by Gasteiger charge is -2.05. The van der Waals surface area contributed by atoms with E-state index in [4.69, 9.17) is 21.9 Å². The van der Waals surface area contributed by atoms with Gasteiger partial charge in [-0.05, 0) is 40.8 Å². The second-order valence-electron chi connectivity index (χ2n) is 4.38. The monoisotopic (exact) mass is 414 g/mol. The summed E-state index contributed by atoms with van der Waals surface area (Å²) in [6.07, 6.45) is 0. The predicted octanol–water partition coefficient (Wildman–Crippen LogP) is 4.99. The third-order valence-corrected chi connectivity index (χ3v) is 3.99. The molecule has 1 aromatic heterocycles. The fourth-order valence-electron chi connectivity index (χ4n) is 2.09. The summed E-state index contributed by atoms with van der Waals surface area (Å²) in [5.74, 6) is 0.0122. The zero-order chi connectivity index (χ0) is 15.0. The fourth-order valence-corrected chi connectivity index (χ4v) is 2.80. The molecule has 0 aliphatic heterocycles. The fraction of sp³-hybridized carbons (Fsp3) is 0. The van der Waals surface area contributed by atoms with Gasteiger partial charge in [0.2, 0.25) is 0 Å². The summed E-state index contributed by atoms with van der Waals surface area (Å²) >= 11 is 8.03. The number of nitrogens with two attached hydrogens (primary N) is 1. The zero-order valence-electron chi connectivity index (χ0n) is 10.6. The molecule has 0 aliphatic carbocycles. The molecule has 3 rings (SSSR count). The Hall–Kier alpha value is -1.60. The maximum absolute atomic E-state index is 14.3. The van der Waals surface area contributed by atoms with Crippen molar-refractivity contribution in [1.29, 1.82) is 0 Å². The second kappa shape index (κ2) is 5.65. The summed E-state index contributed by atoms with van der Waals surface area (Å²) in [4.78, 5) is 0. The van der Waals surface area contributed by atoms with Gasteiger partial charge in [-0.2, -0.15) is 0 Å². The van der Waals surface area contributed by atoms with Crippen LogP contribution in [-0.4, -0.2) is 5.16 Å². The maximum atomic E-state index is 14.3. The van der Waals surface area contributed by atoms with E-state index in [9.17, 15) is 4.39 Å². The first-order valence-corrected chi connectivity index (χ1v) is 7.49. The van der Waals surface area contributed by atoms with Crippen molar-refractivity contribution >= 4 is 40.0 Å². The van der Waals surface area contributed by atoms with Crippen LogP contribution in [0, 0.1) is 9.39 Å². The Labute approximate surface area is 139 Å². The Morgan fingerprint density at radius 2 is 1.95 bits per heavy atom. The molecule has 0 aliphatic rings. The van der Waals surface area contributed by atoms with Gasteiger partial charge in [0, 0.05) is 14.7 Å². The Morgan fingerprint density at radius 1 is 1.19 bits per heavy atom. The molecule has 2 N–H and O–H groups in total. The number of nitrogens with zero attached hydrogens (tertiary/aromatic N) is 1. The van der Waals surface area contributed by atoms with Gasteiger partial charge in [0.15, 0.2) is 11.6 Å². The maximum Gasteiger partial charge on any atom is 0.177 e. The van der Waals surface area contributed by atoms with Crippen LogP contribution >= 0.6 is 34.2 Å². The number of benzene rings is 2. The summed E-state index contributed by atoms with van der Waals surface area (Å²) in [5.41, 5.74) is 7.32.